The molecule has 0 fully saturated rings. The van der Waals surface area contributed by atoms with Crippen LogP contribution in [0.5, 0.6) is 23.0 Å². The molecule has 0 bridgehead atoms. The zero-order valence-electron chi connectivity index (χ0n) is 34.1. The number of benzene rings is 4. The van der Waals surface area contributed by atoms with Crippen LogP contribution in [0.15, 0.2) is 83.0 Å². The first kappa shape index (κ1) is 42.7. The monoisotopic (exact) mass is 780 g/mol. The molecule has 0 saturated heterocycles. The molecule has 0 atom stereocenters. The predicted octanol–water partition coefficient (Wildman–Crippen LogP) is 9.25. The zero-order chi connectivity index (χ0) is 41.3. The van der Waals surface area contributed by atoms with Crippen molar-refractivity contribution in [3.63, 3.8) is 0 Å². The molecule has 0 aromatic heterocycles. The van der Waals surface area contributed by atoms with Crippen molar-refractivity contribution in [2.75, 3.05) is 0 Å². The highest BCUT2D eigenvalue weighted by Crippen LogP contribution is 2.42. The van der Waals surface area contributed by atoms with E-state index in [1.807, 2.05) is 72.8 Å². The van der Waals surface area contributed by atoms with Gasteiger partial charge < -0.3 is 26.4 Å². The van der Waals surface area contributed by atoms with E-state index in [1.54, 1.807) is 0 Å². The first-order valence-corrected chi connectivity index (χ1v) is 19.0. The highest BCUT2D eigenvalue weighted by atomic mass is 32.1. The summed E-state index contributed by atoms with van der Waals surface area (Å²) in [6.07, 6.45) is 0. The first-order chi connectivity index (χ1) is 25.3. The van der Waals surface area contributed by atoms with E-state index in [4.69, 9.17) is 40.6 Å². The van der Waals surface area contributed by atoms with Crippen molar-refractivity contribution in [3.05, 3.63) is 117 Å². The Labute approximate surface area is 337 Å². The van der Waals surface area contributed by atoms with E-state index in [9.17, 15) is 10.2 Å². The van der Waals surface area contributed by atoms with E-state index in [0.29, 0.717) is 22.9 Å². The van der Waals surface area contributed by atoms with E-state index >= 15 is 0 Å². The number of nitrogens with zero attached hydrogens (tertiary/aromatic N) is 2. The smallest absolute Gasteiger partial charge is 0.184 e. The molecule has 55 heavy (non-hydrogen) atoms. The second kappa shape index (κ2) is 16.0. The number of thiocarbonyl (C=S) groups is 2. The number of phenolic OH excluding ortho intramolecular Hbond substituents is 2. The number of hydrogen-bond acceptors (Lipinski definition) is 7. The van der Waals surface area contributed by atoms with Gasteiger partial charge in [0.05, 0.1) is 11.4 Å². The minimum absolute atomic E-state index is 0.0381. The molecule has 0 aliphatic heterocycles. The molecule has 0 saturated carbocycles. The van der Waals surface area contributed by atoms with Crippen LogP contribution in [-0.2, 0) is 21.7 Å². The second-order valence-corrected chi connectivity index (χ2v) is 18.7. The molecule has 0 unspecified atom stereocenters. The van der Waals surface area contributed by atoms with Crippen molar-refractivity contribution in [3.8, 4) is 23.0 Å². The maximum absolute atomic E-state index is 11.3. The number of hydrazone groups is 2. The standard InChI is InChI=1S/C44H56N6O3S2/c1-41(2,3)31-21-27(22-32(37(31)51)42(4,5)6)35(47-49-39(45)54)25-13-17-29(18-14-25)53-30-19-15-26(16-20-30)36(48-50-40(46)55)28-23-33(43(7,8)9)38(52)34(24-28)44(10,11)12/h13-24,51-52H,1-12H3,(H3,45,49,54)(H3,46,50,55)/b47-35-,48-36+. The molecule has 0 aliphatic rings. The van der Waals surface area contributed by atoms with Gasteiger partial charge in [0.1, 0.15) is 23.0 Å². The van der Waals surface area contributed by atoms with Crippen LogP contribution in [0.1, 0.15) is 128 Å². The Kier molecular flexibility index (Phi) is 12.4. The van der Waals surface area contributed by atoms with E-state index in [-0.39, 0.29) is 43.4 Å². The number of nitrogens with two attached hydrogens (primary N) is 2. The summed E-state index contributed by atoms with van der Waals surface area (Å²) in [5, 5.41) is 32.0. The second-order valence-electron chi connectivity index (χ2n) is 17.9. The normalized spacial score (nSPS) is 13.0. The molecule has 8 N–H and O–H groups in total. The molecule has 4 aromatic rings. The Morgan fingerprint density at radius 2 is 0.745 bits per heavy atom. The van der Waals surface area contributed by atoms with Crippen molar-refractivity contribution in [2.24, 2.45) is 21.7 Å². The number of hydrogen-bond donors (Lipinski definition) is 6. The average Bonchev–Trinajstić information content (AvgIpc) is 3.05. The summed E-state index contributed by atoms with van der Waals surface area (Å²) >= 11 is 10.2. The van der Waals surface area contributed by atoms with Gasteiger partial charge in [-0.25, -0.2) is 0 Å². The van der Waals surface area contributed by atoms with Crippen LogP contribution in [0.25, 0.3) is 0 Å². The fourth-order valence-corrected chi connectivity index (χ4v) is 6.23. The molecule has 4 rings (SSSR count). The molecule has 292 valence electrons. The summed E-state index contributed by atoms with van der Waals surface area (Å²) in [4.78, 5) is 0. The number of ether oxygens (including phenoxy) is 1. The highest BCUT2D eigenvalue weighted by molar-refractivity contribution is 7.80. The lowest BCUT2D eigenvalue weighted by Gasteiger charge is -2.28. The van der Waals surface area contributed by atoms with Crippen LogP contribution < -0.4 is 27.1 Å². The van der Waals surface area contributed by atoms with E-state index in [2.05, 4.69) is 104 Å². The van der Waals surface area contributed by atoms with Gasteiger partial charge in [-0.3, -0.25) is 10.9 Å². The summed E-state index contributed by atoms with van der Waals surface area (Å²) in [5.74, 6) is 1.79. The zero-order valence-corrected chi connectivity index (χ0v) is 35.7. The predicted molar refractivity (Wildman–Crippen MR) is 235 cm³/mol. The summed E-state index contributed by atoms with van der Waals surface area (Å²) in [7, 11) is 0. The van der Waals surface area contributed by atoms with Crippen molar-refractivity contribution in [2.45, 2.75) is 105 Å². The molecule has 0 radical (unpaired) electrons. The van der Waals surface area contributed by atoms with Crippen LogP contribution in [0.3, 0.4) is 0 Å². The Morgan fingerprint density at radius 3 is 0.964 bits per heavy atom. The summed E-state index contributed by atoms with van der Waals surface area (Å²) < 4.78 is 6.28. The molecular weight excluding hydrogens is 725 g/mol. The molecule has 0 heterocycles. The number of phenols is 2. The van der Waals surface area contributed by atoms with Crippen LogP contribution in [0.2, 0.25) is 0 Å². The Morgan fingerprint density at radius 1 is 0.491 bits per heavy atom. The molecule has 0 amide bonds. The van der Waals surface area contributed by atoms with Gasteiger partial charge in [-0.15, -0.1) is 0 Å². The molecule has 11 heteroatoms. The van der Waals surface area contributed by atoms with Gasteiger partial charge >= 0.3 is 0 Å². The van der Waals surface area contributed by atoms with Crippen LogP contribution in [0.4, 0.5) is 0 Å². The van der Waals surface area contributed by atoms with Crippen LogP contribution in [-0.4, -0.2) is 31.9 Å². The minimum Gasteiger partial charge on any atom is -0.507 e. The molecule has 9 nitrogen and oxygen atoms in total. The van der Waals surface area contributed by atoms with Crippen molar-refractivity contribution < 1.29 is 14.9 Å². The molecule has 4 aromatic carbocycles. The maximum atomic E-state index is 11.3. The number of rotatable bonds is 8. The lowest BCUT2D eigenvalue weighted by atomic mass is 9.77. The fraction of sp³-hybridized carbons (Fsp3) is 0.364. The third kappa shape index (κ3) is 10.6. The minimum atomic E-state index is -0.329. The van der Waals surface area contributed by atoms with Gasteiger partial charge in [0.15, 0.2) is 10.2 Å². The average molecular weight is 781 g/mol. The quantitative estimate of drug-likeness (QED) is 0.0584. The van der Waals surface area contributed by atoms with Gasteiger partial charge in [0.25, 0.3) is 0 Å². The van der Waals surface area contributed by atoms with Gasteiger partial charge in [-0.2, -0.15) is 10.2 Å². The van der Waals surface area contributed by atoms with Crippen LogP contribution >= 0.6 is 24.4 Å². The van der Waals surface area contributed by atoms with E-state index in [1.165, 1.54) is 0 Å². The Hall–Kier alpha value is -5.00. The van der Waals surface area contributed by atoms with Crippen molar-refractivity contribution in [1.82, 2.24) is 10.9 Å². The number of nitrogens with one attached hydrogen (secondary N) is 2. The van der Waals surface area contributed by atoms with E-state index < -0.39 is 0 Å². The van der Waals surface area contributed by atoms with Crippen molar-refractivity contribution >= 4 is 46.1 Å². The van der Waals surface area contributed by atoms with Gasteiger partial charge in [0, 0.05) is 44.5 Å². The third-order valence-electron chi connectivity index (χ3n) is 9.05. The van der Waals surface area contributed by atoms with Gasteiger partial charge in [0.2, 0.25) is 0 Å². The first-order valence-electron chi connectivity index (χ1n) is 18.2. The maximum Gasteiger partial charge on any atom is 0.184 e. The fourth-order valence-electron chi connectivity index (χ4n) is 6.14. The number of aromatic hydroxyl groups is 2. The largest absolute Gasteiger partial charge is 0.507 e. The molecular formula is C44H56N6O3S2. The summed E-state index contributed by atoms with van der Waals surface area (Å²) in [5.41, 5.74) is 23.4. The van der Waals surface area contributed by atoms with Gasteiger partial charge in [-0.1, -0.05) is 83.1 Å². The Bertz CT molecular complexity index is 1910. The summed E-state index contributed by atoms with van der Waals surface area (Å²) in [6.45, 7) is 24.8. The van der Waals surface area contributed by atoms with Crippen LogP contribution in [0, 0.1) is 0 Å². The SMILES string of the molecule is CC(C)(C)c1cc(/C(=N\NC(N)=S)c2ccc(Oc3ccc(/C(=N\NC(N)=S)c4cc(C(C)(C)C)c(O)c(C(C)(C)C)c4)cc3)cc2)cc(C(C)(C)C)c1O. The van der Waals surface area contributed by atoms with E-state index in [0.717, 1.165) is 44.5 Å². The topological polar surface area (TPSA) is 151 Å². The van der Waals surface area contributed by atoms with Crippen molar-refractivity contribution in [1.29, 1.82) is 0 Å². The lowest BCUT2D eigenvalue weighted by molar-refractivity contribution is 0.422. The summed E-state index contributed by atoms with van der Waals surface area (Å²) in [6, 6.07) is 23.0. The molecule has 0 aliphatic carbocycles. The van der Waals surface area contributed by atoms with Gasteiger partial charge in [-0.05, 0) is 119 Å². The highest BCUT2D eigenvalue weighted by Gasteiger charge is 2.29. The third-order valence-corrected chi connectivity index (χ3v) is 9.23. The molecule has 0 spiro atoms. The Balaban J connectivity index is 1.72. The lowest BCUT2D eigenvalue weighted by Crippen LogP contribution is -2.26.